The number of benzene rings is 2. The van der Waals surface area contributed by atoms with E-state index in [0.717, 1.165) is 11.1 Å². The Bertz CT molecular complexity index is 772. The molecule has 0 aliphatic carbocycles. The van der Waals surface area contributed by atoms with Gasteiger partial charge in [-0.2, -0.15) is 0 Å². The van der Waals surface area contributed by atoms with Crippen molar-refractivity contribution in [3.63, 3.8) is 0 Å². The van der Waals surface area contributed by atoms with E-state index in [1.807, 2.05) is 37.3 Å². The van der Waals surface area contributed by atoms with Gasteiger partial charge in [0, 0.05) is 25.6 Å². The molecule has 1 unspecified atom stereocenters. The number of halogens is 2. The first-order valence-corrected chi connectivity index (χ1v) is 9.81. The van der Waals surface area contributed by atoms with E-state index >= 15 is 0 Å². The van der Waals surface area contributed by atoms with Gasteiger partial charge in [-0.15, -0.1) is 24.0 Å². The van der Waals surface area contributed by atoms with Crippen molar-refractivity contribution < 1.29 is 14.3 Å². The summed E-state index contributed by atoms with van der Waals surface area (Å²) in [6.07, 6.45) is 0.212. The van der Waals surface area contributed by atoms with Crippen molar-refractivity contribution in [3.8, 4) is 0 Å². The average molecular weight is 528 g/mol. The largest absolute Gasteiger partial charge is 0.396 e. The van der Waals surface area contributed by atoms with E-state index in [2.05, 4.69) is 20.9 Å². The normalized spacial score (nSPS) is 11.9. The Kier molecular flexibility index (Phi) is 12.7. The number of carbonyl (C=O) groups excluding carboxylic acids is 1. The molecule has 0 aliphatic rings. The highest BCUT2D eigenvalue weighted by molar-refractivity contribution is 14.0. The smallest absolute Gasteiger partial charge is 0.224 e. The van der Waals surface area contributed by atoms with Crippen LogP contribution in [0.3, 0.4) is 0 Å². The Labute approximate surface area is 194 Å². The number of hydrogen-bond acceptors (Lipinski definition) is 3. The standard InChI is InChI=1S/C22H29FN4O2.HI/c1-2-24-22(27-15-19(16-28)18-6-4-3-5-7-18)26-13-12-25-21(29)14-17-8-10-20(23)11-9-17;/h3-11,19,28H,2,12-16H2,1H3,(H,25,29)(H2,24,26,27);1H. The predicted octanol–water partition coefficient (Wildman–Crippen LogP) is 2.43. The highest BCUT2D eigenvalue weighted by atomic mass is 127. The molecule has 8 heteroatoms. The van der Waals surface area contributed by atoms with E-state index in [1.165, 1.54) is 12.1 Å². The third-order valence-corrected chi connectivity index (χ3v) is 4.32. The van der Waals surface area contributed by atoms with Crippen molar-refractivity contribution in [2.24, 2.45) is 4.99 Å². The van der Waals surface area contributed by atoms with Crippen LogP contribution in [0.2, 0.25) is 0 Å². The molecular formula is C22H30FIN4O2. The molecule has 0 spiro atoms. The first-order chi connectivity index (χ1) is 14.1. The lowest BCUT2D eigenvalue weighted by Gasteiger charge is -2.15. The number of nitrogens with one attached hydrogen (secondary N) is 3. The Morgan fingerprint density at radius 3 is 2.33 bits per heavy atom. The zero-order chi connectivity index (χ0) is 20.9. The second-order valence-corrected chi connectivity index (χ2v) is 6.59. The van der Waals surface area contributed by atoms with Gasteiger partial charge in [0.25, 0.3) is 0 Å². The van der Waals surface area contributed by atoms with Crippen LogP contribution in [-0.2, 0) is 11.2 Å². The summed E-state index contributed by atoms with van der Waals surface area (Å²) < 4.78 is 12.9. The maximum absolute atomic E-state index is 12.9. The van der Waals surface area contributed by atoms with Gasteiger partial charge in [0.2, 0.25) is 5.91 Å². The van der Waals surface area contributed by atoms with Gasteiger partial charge in [-0.05, 0) is 30.2 Å². The molecule has 0 saturated heterocycles. The van der Waals surface area contributed by atoms with E-state index in [1.54, 1.807) is 12.1 Å². The van der Waals surface area contributed by atoms with Crippen LogP contribution >= 0.6 is 24.0 Å². The van der Waals surface area contributed by atoms with E-state index < -0.39 is 0 Å². The Hall–Kier alpha value is -2.20. The second-order valence-electron chi connectivity index (χ2n) is 6.59. The Morgan fingerprint density at radius 1 is 1.03 bits per heavy atom. The Balaban J connectivity index is 0.00000450. The quantitative estimate of drug-likeness (QED) is 0.165. The molecule has 0 radical (unpaired) electrons. The van der Waals surface area contributed by atoms with Crippen LogP contribution in [0, 0.1) is 5.82 Å². The van der Waals surface area contributed by atoms with Crippen molar-refractivity contribution in [2.75, 3.05) is 32.8 Å². The van der Waals surface area contributed by atoms with Gasteiger partial charge in [0.15, 0.2) is 5.96 Å². The van der Waals surface area contributed by atoms with Crippen molar-refractivity contribution in [1.29, 1.82) is 0 Å². The molecule has 0 bridgehead atoms. The summed E-state index contributed by atoms with van der Waals surface area (Å²) in [6.45, 7) is 4.10. The molecule has 0 heterocycles. The fraction of sp³-hybridized carbons (Fsp3) is 0.364. The van der Waals surface area contributed by atoms with Crippen molar-refractivity contribution in [3.05, 3.63) is 71.5 Å². The number of aliphatic hydroxyl groups is 1. The molecule has 0 aliphatic heterocycles. The number of guanidine groups is 1. The van der Waals surface area contributed by atoms with Crippen LogP contribution in [0.5, 0.6) is 0 Å². The lowest BCUT2D eigenvalue weighted by Crippen LogP contribution is -2.42. The fourth-order valence-electron chi connectivity index (χ4n) is 2.77. The summed E-state index contributed by atoms with van der Waals surface area (Å²) in [5, 5.41) is 18.8. The van der Waals surface area contributed by atoms with Gasteiger partial charge in [-0.1, -0.05) is 42.5 Å². The van der Waals surface area contributed by atoms with Gasteiger partial charge < -0.3 is 21.1 Å². The number of hydrogen-bond donors (Lipinski definition) is 4. The highest BCUT2D eigenvalue weighted by Crippen LogP contribution is 2.14. The second kappa shape index (κ2) is 14.7. The molecule has 4 N–H and O–H groups in total. The zero-order valence-electron chi connectivity index (χ0n) is 17.1. The molecule has 2 rings (SSSR count). The molecule has 0 aromatic heterocycles. The van der Waals surface area contributed by atoms with E-state index in [0.29, 0.717) is 32.1 Å². The molecular weight excluding hydrogens is 498 g/mol. The minimum atomic E-state index is -0.315. The maximum atomic E-state index is 12.9. The summed E-state index contributed by atoms with van der Waals surface area (Å²) in [4.78, 5) is 16.5. The van der Waals surface area contributed by atoms with E-state index in [-0.39, 0.29) is 54.6 Å². The van der Waals surface area contributed by atoms with Gasteiger partial charge in [0.05, 0.1) is 19.6 Å². The Morgan fingerprint density at radius 2 is 1.70 bits per heavy atom. The minimum Gasteiger partial charge on any atom is -0.396 e. The predicted molar refractivity (Wildman–Crippen MR) is 129 cm³/mol. The van der Waals surface area contributed by atoms with Crippen LogP contribution in [-0.4, -0.2) is 49.8 Å². The minimum absolute atomic E-state index is 0. The SMILES string of the molecule is CCNC(=NCC(CO)c1ccccc1)NCCNC(=O)Cc1ccc(F)cc1.I. The average Bonchev–Trinajstić information content (AvgIpc) is 2.74. The number of amides is 1. The van der Waals surface area contributed by atoms with Crippen molar-refractivity contribution in [2.45, 2.75) is 19.3 Å². The third kappa shape index (κ3) is 9.53. The van der Waals surface area contributed by atoms with Crippen molar-refractivity contribution >= 4 is 35.8 Å². The van der Waals surface area contributed by atoms with Gasteiger partial charge in [-0.3, -0.25) is 9.79 Å². The summed E-state index contributed by atoms with van der Waals surface area (Å²) in [6, 6.07) is 15.7. The first kappa shape index (κ1) is 25.8. The molecule has 2 aromatic rings. The van der Waals surface area contributed by atoms with Crippen molar-refractivity contribution in [1.82, 2.24) is 16.0 Å². The fourth-order valence-corrected chi connectivity index (χ4v) is 2.77. The molecule has 0 fully saturated rings. The lowest BCUT2D eigenvalue weighted by molar-refractivity contribution is -0.120. The number of aliphatic hydroxyl groups excluding tert-OH is 1. The summed E-state index contributed by atoms with van der Waals surface area (Å²) in [5.74, 6) is 0.130. The summed E-state index contributed by atoms with van der Waals surface area (Å²) in [5.41, 5.74) is 1.81. The van der Waals surface area contributed by atoms with Crippen LogP contribution in [0.25, 0.3) is 0 Å². The zero-order valence-corrected chi connectivity index (χ0v) is 19.4. The van der Waals surface area contributed by atoms with Gasteiger partial charge >= 0.3 is 0 Å². The van der Waals surface area contributed by atoms with Crippen LogP contribution < -0.4 is 16.0 Å². The van der Waals surface area contributed by atoms with Gasteiger partial charge in [0.1, 0.15) is 5.82 Å². The molecule has 2 aromatic carbocycles. The third-order valence-electron chi connectivity index (χ3n) is 4.32. The summed E-state index contributed by atoms with van der Waals surface area (Å²) >= 11 is 0. The molecule has 6 nitrogen and oxygen atoms in total. The molecule has 164 valence electrons. The van der Waals surface area contributed by atoms with Gasteiger partial charge in [-0.25, -0.2) is 4.39 Å². The highest BCUT2D eigenvalue weighted by Gasteiger charge is 2.10. The number of aliphatic imine (C=N–C) groups is 1. The monoisotopic (exact) mass is 528 g/mol. The van der Waals surface area contributed by atoms with Crippen LogP contribution in [0.4, 0.5) is 4.39 Å². The first-order valence-electron chi connectivity index (χ1n) is 9.81. The number of carbonyl (C=O) groups is 1. The maximum Gasteiger partial charge on any atom is 0.224 e. The van der Waals surface area contributed by atoms with E-state index in [9.17, 15) is 14.3 Å². The number of rotatable bonds is 10. The molecule has 0 saturated carbocycles. The molecule has 1 atom stereocenters. The number of nitrogens with zero attached hydrogens (tertiary/aromatic N) is 1. The van der Waals surface area contributed by atoms with Crippen LogP contribution in [0.1, 0.15) is 24.0 Å². The topological polar surface area (TPSA) is 85.8 Å². The van der Waals surface area contributed by atoms with E-state index in [4.69, 9.17) is 0 Å². The lowest BCUT2D eigenvalue weighted by atomic mass is 10.0. The van der Waals surface area contributed by atoms with Crippen LogP contribution in [0.15, 0.2) is 59.6 Å². The molecule has 30 heavy (non-hydrogen) atoms. The molecule has 1 amide bonds. The summed E-state index contributed by atoms with van der Waals surface area (Å²) in [7, 11) is 0.